The van der Waals surface area contributed by atoms with Crippen LogP contribution in [0.1, 0.15) is 26.3 Å². The van der Waals surface area contributed by atoms with Crippen molar-refractivity contribution >= 4 is 5.84 Å². The molecule has 0 spiro atoms. The third kappa shape index (κ3) is 1.81. The highest BCUT2D eigenvalue weighted by Crippen LogP contribution is 2.37. The van der Waals surface area contributed by atoms with Crippen LogP contribution in [-0.2, 0) is 9.94 Å². The molecule has 1 aromatic carbocycles. The van der Waals surface area contributed by atoms with Gasteiger partial charge in [-0.05, 0) is 32.9 Å². The number of hydrogen-bond donors (Lipinski definition) is 0. The van der Waals surface area contributed by atoms with Gasteiger partial charge in [-0.15, -0.1) is 0 Å². The Bertz CT molecular complexity index is 499. The molecule has 0 saturated heterocycles. The molecule has 0 aromatic heterocycles. The molecule has 0 saturated carbocycles. The van der Waals surface area contributed by atoms with Gasteiger partial charge in [0.15, 0.2) is 11.1 Å². The maximum atomic E-state index is 12.6. The first-order chi connectivity index (χ1) is 8.86. The monoisotopic (exact) mass is 263 g/mol. The molecule has 1 aromatic rings. The van der Waals surface area contributed by atoms with Gasteiger partial charge in [-0.3, -0.25) is 4.74 Å². The Balaban J connectivity index is 2.57. The van der Waals surface area contributed by atoms with E-state index in [1.807, 2.05) is 18.2 Å². The Morgan fingerprint density at radius 3 is 2.37 bits per heavy atom. The lowest BCUT2D eigenvalue weighted by Crippen LogP contribution is -2.57. The largest absolute Gasteiger partial charge is 0.714 e. The molecule has 5 heteroatoms. The van der Waals surface area contributed by atoms with Crippen molar-refractivity contribution in [2.24, 2.45) is 0 Å². The molecular formula is C14H19N2O3. The van der Waals surface area contributed by atoms with E-state index in [0.717, 1.165) is 9.80 Å². The molecule has 1 unspecified atom stereocenters. The van der Waals surface area contributed by atoms with Crippen LogP contribution < -0.4 is 0 Å². The summed E-state index contributed by atoms with van der Waals surface area (Å²) in [5, 5.41) is 25.9. The van der Waals surface area contributed by atoms with Crippen LogP contribution in [0, 0.1) is 5.21 Å². The van der Waals surface area contributed by atoms with Gasteiger partial charge < -0.3 is 9.94 Å². The van der Waals surface area contributed by atoms with Crippen molar-refractivity contribution in [2.75, 3.05) is 13.7 Å². The Morgan fingerprint density at radius 2 is 1.84 bits per heavy atom. The minimum atomic E-state index is -0.922. The molecule has 0 fully saturated rings. The standard InChI is InChI=1S/C14H19N2O3/c1-13(2)14(3,10-19-4)16(18)12(15(13)17)11-8-6-5-7-9-11/h5-9H,10H2,1-4H3. The van der Waals surface area contributed by atoms with E-state index in [4.69, 9.17) is 4.74 Å². The second-order valence-corrected chi connectivity index (χ2v) is 5.54. The molecule has 1 aliphatic heterocycles. The third-order valence-corrected chi connectivity index (χ3v) is 4.12. The van der Waals surface area contributed by atoms with E-state index in [1.54, 1.807) is 32.9 Å². The van der Waals surface area contributed by atoms with Gasteiger partial charge >= 0.3 is 5.84 Å². The van der Waals surface area contributed by atoms with Gasteiger partial charge in [0.05, 0.1) is 12.2 Å². The highest BCUT2D eigenvalue weighted by molar-refractivity contribution is 5.95. The zero-order chi connectivity index (χ0) is 14.3. The average molecular weight is 263 g/mol. The molecule has 0 amide bonds. The fourth-order valence-corrected chi connectivity index (χ4v) is 2.39. The highest BCUT2D eigenvalue weighted by atomic mass is 16.5. The normalized spacial score (nSPS) is 26.1. The summed E-state index contributed by atoms with van der Waals surface area (Å²) in [6.07, 6.45) is 0. The van der Waals surface area contributed by atoms with Gasteiger partial charge in [-0.1, -0.05) is 23.3 Å². The number of amidine groups is 1. The van der Waals surface area contributed by atoms with E-state index < -0.39 is 11.1 Å². The summed E-state index contributed by atoms with van der Waals surface area (Å²) in [6, 6.07) is 8.99. The van der Waals surface area contributed by atoms with Gasteiger partial charge in [0, 0.05) is 12.3 Å². The van der Waals surface area contributed by atoms with Crippen molar-refractivity contribution in [1.82, 2.24) is 5.06 Å². The van der Waals surface area contributed by atoms with Crippen molar-refractivity contribution in [2.45, 2.75) is 31.8 Å². The van der Waals surface area contributed by atoms with Crippen molar-refractivity contribution in [1.29, 1.82) is 0 Å². The first kappa shape index (κ1) is 13.8. The van der Waals surface area contributed by atoms with E-state index in [1.165, 1.54) is 7.11 Å². The van der Waals surface area contributed by atoms with E-state index in [-0.39, 0.29) is 12.4 Å². The molecule has 1 heterocycles. The second-order valence-electron chi connectivity index (χ2n) is 5.54. The lowest BCUT2D eigenvalue weighted by molar-refractivity contribution is -0.549. The Kier molecular flexibility index (Phi) is 3.28. The second kappa shape index (κ2) is 4.51. The molecule has 1 radical (unpaired) electrons. The van der Waals surface area contributed by atoms with Crippen molar-refractivity contribution in [3.05, 3.63) is 41.1 Å². The zero-order valence-corrected chi connectivity index (χ0v) is 11.7. The SMILES string of the molecule is COCC1(C)[N+]([O-])=C(c2ccccc2)N([O])C1(C)C. The summed E-state index contributed by atoms with van der Waals surface area (Å²) >= 11 is 0. The minimum Gasteiger partial charge on any atom is -0.714 e. The van der Waals surface area contributed by atoms with Crippen molar-refractivity contribution < 1.29 is 14.7 Å². The quantitative estimate of drug-likeness (QED) is 0.617. The fourth-order valence-electron chi connectivity index (χ4n) is 2.39. The zero-order valence-electron chi connectivity index (χ0n) is 11.7. The molecule has 19 heavy (non-hydrogen) atoms. The molecule has 2 rings (SSSR count). The first-order valence-electron chi connectivity index (χ1n) is 6.22. The van der Waals surface area contributed by atoms with Gasteiger partial charge in [0.2, 0.25) is 0 Å². The van der Waals surface area contributed by atoms with Gasteiger partial charge in [-0.2, -0.15) is 0 Å². The molecule has 5 nitrogen and oxygen atoms in total. The molecule has 0 aliphatic carbocycles. The number of methoxy groups -OCH3 is 1. The van der Waals surface area contributed by atoms with Crippen LogP contribution in [0.15, 0.2) is 30.3 Å². The summed E-state index contributed by atoms with van der Waals surface area (Å²) in [4.78, 5) is 0. The third-order valence-electron chi connectivity index (χ3n) is 4.12. The molecule has 0 N–H and O–H groups in total. The van der Waals surface area contributed by atoms with Crippen LogP contribution in [-0.4, -0.2) is 40.4 Å². The van der Waals surface area contributed by atoms with Gasteiger partial charge in [0.1, 0.15) is 0 Å². The molecule has 0 bridgehead atoms. The van der Waals surface area contributed by atoms with Crippen LogP contribution in [0.3, 0.4) is 0 Å². The number of nitrogens with zero attached hydrogens (tertiary/aromatic N) is 2. The maximum Gasteiger partial charge on any atom is 0.316 e. The molecular weight excluding hydrogens is 244 g/mol. The number of rotatable bonds is 3. The number of hydroxylamine groups is 3. The summed E-state index contributed by atoms with van der Waals surface area (Å²) < 4.78 is 5.94. The van der Waals surface area contributed by atoms with E-state index in [2.05, 4.69) is 0 Å². The summed E-state index contributed by atoms with van der Waals surface area (Å²) in [5.41, 5.74) is -1.16. The van der Waals surface area contributed by atoms with Crippen LogP contribution in [0.5, 0.6) is 0 Å². The minimum absolute atomic E-state index is 0.144. The lowest BCUT2D eigenvalue weighted by atomic mass is 9.83. The van der Waals surface area contributed by atoms with E-state index in [9.17, 15) is 10.4 Å². The maximum absolute atomic E-state index is 12.6. The van der Waals surface area contributed by atoms with E-state index >= 15 is 0 Å². The summed E-state index contributed by atoms with van der Waals surface area (Å²) in [5.74, 6) is 0.144. The first-order valence-corrected chi connectivity index (χ1v) is 6.22. The lowest BCUT2D eigenvalue weighted by Gasteiger charge is -2.35. The number of hydrogen-bond acceptors (Lipinski definition) is 3. The number of ether oxygens (including phenoxy) is 1. The van der Waals surface area contributed by atoms with Gasteiger partial charge in [-0.25, -0.2) is 0 Å². The summed E-state index contributed by atoms with van der Waals surface area (Å²) in [6.45, 7) is 5.47. The predicted molar refractivity (Wildman–Crippen MR) is 71.1 cm³/mol. The molecule has 1 aliphatic rings. The topological polar surface area (TPSA) is 58.4 Å². The predicted octanol–water partition coefficient (Wildman–Crippen LogP) is 1.79. The van der Waals surface area contributed by atoms with Gasteiger partial charge in [0.25, 0.3) is 0 Å². The van der Waals surface area contributed by atoms with E-state index in [0.29, 0.717) is 5.56 Å². The molecule has 1 atom stereocenters. The molecule has 103 valence electrons. The Hall–Kier alpha value is -1.59. The van der Waals surface area contributed by atoms with Crippen LogP contribution in [0.25, 0.3) is 0 Å². The Labute approximate surface area is 113 Å². The van der Waals surface area contributed by atoms with Crippen LogP contribution >= 0.6 is 0 Å². The highest BCUT2D eigenvalue weighted by Gasteiger charge is 2.62. The van der Waals surface area contributed by atoms with Crippen LogP contribution in [0.2, 0.25) is 0 Å². The smallest absolute Gasteiger partial charge is 0.316 e. The van der Waals surface area contributed by atoms with Crippen LogP contribution in [0.4, 0.5) is 0 Å². The Morgan fingerprint density at radius 1 is 1.26 bits per heavy atom. The van der Waals surface area contributed by atoms with Crippen molar-refractivity contribution in [3.63, 3.8) is 0 Å². The number of benzene rings is 1. The summed E-state index contributed by atoms with van der Waals surface area (Å²) in [7, 11) is 1.53. The average Bonchev–Trinajstić information content (AvgIpc) is 2.51. The van der Waals surface area contributed by atoms with Crippen molar-refractivity contribution in [3.8, 4) is 0 Å². The fraction of sp³-hybridized carbons (Fsp3) is 0.500.